The van der Waals surface area contributed by atoms with Crippen molar-refractivity contribution in [2.24, 2.45) is 0 Å². The van der Waals surface area contributed by atoms with Gasteiger partial charge in [0, 0.05) is 17.1 Å². The van der Waals surface area contributed by atoms with Gasteiger partial charge in [-0.15, -0.1) is 0 Å². The average molecular weight is 274 g/mol. The van der Waals surface area contributed by atoms with Gasteiger partial charge < -0.3 is 0 Å². The number of hydrogen-bond acceptors (Lipinski definition) is 1. The lowest BCUT2D eigenvalue weighted by Crippen LogP contribution is -2.00. The summed E-state index contributed by atoms with van der Waals surface area (Å²) in [5.74, 6) is -0.844. The fourth-order valence-corrected chi connectivity index (χ4v) is 1.53. The average Bonchev–Trinajstić information content (AvgIpc) is 2.09. The van der Waals surface area contributed by atoms with Crippen LogP contribution in [0.1, 0.15) is 17.7 Å². The van der Waals surface area contributed by atoms with Gasteiger partial charge in [0.25, 0.3) is 6.43 Å². The topological polar surface area (TPSA) is 12.9 Å². The highest BCUT2D eigenvalue weighted by atomic mass is 79.9. The zero-order valence-corrected chi connectivity index (χ0v) is 8.54. The Morgan fingerprint density at radius 1 is 1.54 bits per heavy atom. The maximum Gasteiger partial charge on any atom is 0.280 e. The van der Waals surface area contributed by atoms with E-state index in [1.807, 2.05) is 0 Å². The molecule has 13 heavy (non-hydrogen) atoms. The highest BCUT2D eigenvalue weighted by Gasteiger charge is 2.19. The van der Waals surface area contributed by atoms with E-state index in [1.54, 1.807) is 0 Å². The third kappa shape index (κ3) is 2.14. The van der Waals surface area contributed by atoms with Gasteiger partial charge in [-0.3, -0.25) is 4.98 Å². The summed E-state index contributed by atoms with van der Waals surface area (Å²) in [7, 11) is 0. The maximum absolute atomic E-state index is 13.1. The van der Waals surface area contributed by atoms with Gasteiger partial charge in [-0.25, -0.2) is 13.2 Å². The molecule has 1 nitrogen and oxygen atoms in total. The molecule has 1 rings (SSSR count). The Morgan fingerprint density at radius 2 is 2.15 bits per heavy atom. The fraction of sp³-hybridized carbons (Fsp3) is 0.286. The normalized spacial score (nSPS) is 10.9. The Hall–Kier alpha value is -0.290. The summed E-state index contributed by atoms with van der Waals surface area (Å²) in [6.45, 7) is 0. The van der Waals surface area contributed by atoms with Crippen LogP contribution in [0.5, 0.6) is 0 Å². The molecule has 0 bridgehead atoms. The molecule has 0 saturated heterocycles. The first-order chi connectivity index (χ1) is 6.07. The third-order valence-corrected chi connectivity index (χ3v) is 2.27. The second kappa shape index (κ2) is 4.28. The van der Waals surface area contributed by atoms with Crippen LogP contribution in [0.15, 0.2) is 6.20 Å². The molecule has 0 amide bonds. The van der Waals surface area contributed by atoms with Crippen LogP contribution < -0.4 is 0 Å². The molecule has 0 spiro atoms. The van der Waals surface area contributed by atoms with Crippen LogP contribution >= 0.6 is 27.5 Å². The van der Waals surface area contributed by atoms with Crippen LogP contribution in [0.2, 0.25) is 5.02 Å². The molecule has 0 atom stereocenters. The summed E-state index contributed by atoms with van der Waals surface area (Å²) in [4.78, 5) is 3.36. The van der Waals surface area contributed by atoms with E-state index < -0.39 is 17.9 Å². The van der Waals surface area contributed by atoms with Gasteiger partial charge >= 0.3 is 0 Å². The lowest BCUT2D eigenvalue weighted by Gasteiger charge is -2.06. The van der Waals surface area contributed by atoms with Crippen LogP contribution in [0.25, 0.3) is 0 Å². The molecule has 0 aliphatic heterocycles. The van der Waals surface area contributed by atoms with E-state index in [9.17, 15) is 13.2 Å². The van der Waals surface area contributed by atoms with E-state index in [0.29, 0.717) is 0 Å². The Bertz CT molecular complexity index is 319. The second-order valence-electron chi connectivity index (χ2n) is 2.22. The minimum atomic E-state index is -2.79. The summed E-state index contributed by atoms with van der Waals surface area (Å²) >= 11 is 8.26. The van der Waals surface area contributed by atoms with Crippen molar-refractivity contribution in [3.05, 3.63) is 28.3 Å². The van der Waals surface area contributed by atoms with Gasteiger partial charge in [0.15, 0.2) is 0 Å². The number of nitrogens with zero attached hydrogens (tertiary/aromatic N) is 1. The molecule has 6 heteroatoms. The van der Waals surface area contributed by atoms with Crippen molar-refractivity contribution in [3.8, 4) is 0 Å². The predicted molar refractivity (Wildman–Crippen MR) is 46.8 cm³/mol. The number of rotatable bonds is 2. The molecule has 0 aliphatic rings. The quantitative estimate of drug-likeness (QED) is 0.749. The highest BCUT2D eigenvalue weighted by molar-refractivity contribution is 9.08. The molecule has 0 unspecified atom stereocenters. The summed E-state index contributed by atoms with van der Waals surface area (Å²) in [6, 6.07) is 0. The Balaban J connectivity index is 3.30. The first-order valence-electron chi connectivity index (χ1n) is 3.24. The smallest absolute Gasteiger partial charge is 0.253 e. The van der Waals surface area contributed by atoms with Crippen LogP contribution in [-0.4, -0.2) is 4.98 Å². The Kier molecular flexibility index (Phi) is 3.55. The molecule has 0 radical (unpaired) electrons. The molecule has 0 aliphatic carbocycles. The Morgan fingerprint density at radius 3 is 2.62 bits per heavy atom. The molecule has 0 saturated carbocycles. The van der Waals surface area contributed by atoms with Crippen molar-refractivity contribution in [2.45, 2.75) is 11.8 Å². The van der Waals surface area contributed by atoms with Crippen LogP contribution in [-0.2, 0) is 5.33 Å². The molecular weight excluding hydrogens is 270 g/mol. The molecule has 1 aromatic heterocycles. The van der Waals surface area contributed by atoms with Gasteiger partial charge in [0.1, 0.15) is 11.5 Å². The van der Waals surface area contributed by atoms with E-state index in [2.05, 4.69) is 20.9 Å². The number of alkyl halides is 3. The van der Waals surface area contributed by atoms with Crippen molar-refractivity contribution >= 4 is 27.5 Å². The summed E-state index contributed by atoms with van der Waals surface area (Å²) in [5.41, 5.74) is -0.763. The minimum Gasteiger partial charge on any atom is -0.253 e. The van der Waals surface area contributed by atoms with Crippen molar-refractivity contribution in [1.82, 2.24) is 4.98 Å². The monoisotopic (exact) mass is 273 g/mol. The minimum absolute atomic E-state index is 0.0356. The molecule has 0 N–H and O–H groups in total. The van der Waals surface area contributed by atoms with Crippen LogP contribution in [0, 0.1) is 5.82 Å². The largest absolute Gasteiger partial charge is 0.280 e. The summed E-state index contributed by atoms with van der Waals surface area (Å²) in [5, 5.41) is -0.287. The Labute approximate surface area is 86.0 Å². The van der Waals surface area contributed by atoms with Gasteiger partial charge in [0.2, 0.25) is 0 Å². The van der Waals surface area contributed by atoms with Crippen LogP contribution in [0.4, 0.5) is 13.2 Å². The summed E-state index contributed by atoms with van der Waals surface area (Å²) in [6.07, 6.45) is -1.91. The maximum atomic E-state index is 13.1. The number of halogens is 5. The molecule has 1 heterocycles. The molecule has 0 aromatic carbocycles. The molecule has 72 valence electrons. The third-order valence-electron chi connectivity index (χ3n) is 1.44. The summed E-state index contributed by atoms with van der Waals surface area (Å²) < 4.78 is 37.6. The first-order valence-corrected chi connectivity index (χ1v) is 4.74. The fourth-order valence-electron chi connectivity index (χ4n) is 0.833. The standard InChI is InChI=1S/C7H4BrClF3N/c8-1-3-5(10)4(9)2-13-6(3)7(11)12/h2,7H,1H2. The van der Waals surface area contributed by atoms with Crippen molar-refractivity contribution in [3.63, 3.8) is 0 Å². The van der Waals surface area contributed by atoms with E-state index in [1.165, 1.54) is 0 Å². The zero-order valence-electron chi connectivity index (χ0n) is 6.20. The van der Waals surface area contributed by atoms with Crippen molar-refractivity contribution in [1.29, 1.82) is 0 Å². The van der Waals surface area contributed by atoms with Gasteiger partial charge in [-0.1, -0.05) is 27.5 Å². The number of hydrogen-bond donors (Lipinski definition) is 0. The zero-order chi connectivity index (χ0) is 10.0. The molecule has 1 aromatic rings. The van der Waals surface area contributed by atoms with E-state index in [4.69, 9.17) is 11.6 Å². The van der Waals surface area contributed by atoms with Crippen molar-refractivity contribution < 1.29 is 13.2 Å². The van der Waals surface area contributed by atoms with E-state index in [0.717, 1.165) is 6.20 Å². The highest BCUT2D eigenvalue weighted by Crippen LogP contribution is 2.28. The first kappa shape index (κ1) is 10.8. The number of pyridine rings is 1. The van der Waals surface area contributed by atoms with Crippen LogP contribution in [0.3, 0.4) is 0 Å². The second-order valence-corrected chi connectivity index (χ2v) is 3.19. The number of aromatic nitrogens is 1. The van der Waals surface area contributed by atoms with Gasteiger partial charge in [0.05, 0.1) is 5.02 Å². The van der Waals surface area contributed by atoms with E-state index in [-0.39, 0.29) is 15.9 Å². The molecular formula is C7H4BrClF3N. The lowest BCUT2D eigenvalue weighted by molar-refractivity contribution is 0.144. The van der Waals surface area contributed by atoms with Crippen molar-refractivity contribution in [2.75, 3.05) is 0 Å². The predicted octanol–water partition coefficient (Wildman–Crippen LogP) is 3.71. The van der Waals surface area contributed by atoms with Gasteiger partial charge in [-0.2, -0.15) is 0 Å². The SMILES string of the molecule is Fc1c(Cl)cnc(C(F)F)c1CBr. The van der Waals surface area contributed by atoms with Gasteiger partial charge in [-0.05, 0) is 0 Å². The lowest BCUT2D eigenvalue weighted by atomic mass is 10.2. The van der Waals surface area contributed by atoms with E-state index >= 15 is 0 Å². The molecule has 0 fully saturated rings.